The fourth-order valence-electron chi connectivity index (χ4n) is 3.04. The molecule has 0 saturated heterocycles. The van der Waals surface area contributed by atoms with Crippen molar-refractivity contribution in [3.8, 4) is 0 Å². The molecule has 3 rings (SSSR count). The van der Waals surface area contributed by atoms with Crippen LogP contribution >= 0.6 is 27.3 Å². The maximum atomic E-state index is 13.2. The summed E-state index contributed by atoms with van der Waals surface area (Å²) in [5, 5.41) is 3.41. The number of anilines is 1. The van der Waals surface area contributed by atoms with Crippen LogP contribution in [0.25, 0.3) is 0 Å². The van der Waals surface area contributed by atoms with Crippen molar-refractivity contribution in [2.24, 2.45) is 0 Å². The van der Waals surface area contributed by atoms with E-state index in [2.05, 4.69) is 21.2 Å². The molecule has 0 unspecified atom stereocenters. The lowest BCUT2D eigenvalue weighted by Gasteiger charge is -2.19. The van der Waals surface area contributed by atoms with E-state index < -0.39 is 11.7 Å². The molecule has 1 aromatic carbocycles. The Morgan fingerprint density at radius 2 is 1.77 bits per heavy atom. The van der Waals surface area contributed by atoms with Crippen molar-refractivity contribution in [1.82, 2.24) is 0 Å². The molecule has 138 valence electrons. The van der Waals surface area contributed by atoms with E-state index in [1.54, 1.807) is 12.1 Å². The Balaban J connectivity index is 1.97. The van der Waals surface area contributed by atoms with Gasteiger partial charge in [0.15, 0.2) is 5.78 Å². The van der Waals surface area contributed by atoms with Crippen LogP contribution in [-0.4, -0.2) is 17.5 Å². The van der Waals surface area contributed by atoms with E-state index >= 15 is 0 Å². The summed E-state index contributed by atoms with van der Waals surface area (Å²) in [6, 6.07) is 7.31. The Labute approximate surface area is 166 Å². The van der Waals surface area contributed by atoms with E-state index in [1.165, 1.54) is 16.2 Å². The second-order valence-corrected chi connectivity index (χ2v) is 9.40. The highest BCUT2D eigenvalue weighted by Crippen LogP contribution is 2.39. The predicted octanol–water partition coefficient (Wildman–Crippen LogP) is 5.97. The molecule has 26 heavy (non-hydrogen) atoms. The van der Waals surface area contributed by atoms with Crippen molar-refractivity contribution in [1.29, 1.82) is 0 Å². The first-order chi connectivity index (χ1) is 12.2. The van der Waals surface area contributed by atoms with Crippen molar-refractivity contribution in [2.75, 3.05) is 5.32 Å². The van der Waals surface area contributed by atoms with Crippen LogP contribution in [0.15, 0.2) is 28.7 Å². The Kier molecular flexibility index (Phi) is 5.53. The second-order valence-electron chi connectivity index (χ2n) is 7.38. The number of aryl methyl sites for hydroxylation is 1. The summed E-state index contributed by atoms with van der Waals surface area (Å²) in [6.45, 7) is 5.46. The van der Waals surface area contributed by atoms with Crippen LogP contribution in [0.3, 0.4) is 0 Å². The molecule has 1 aliphatic carbocycles. The van der Waals surface area contributed by atoms with E-state index in [1.807, 2.05) is 32.9 Å². The molecule has 0 radical (unpaired) electrons. The third-order valence-electron chi connectivity index (χ3n) is 4.12. The van der Waals surface area contributed by atoms with E-state index in [9.17, 15) is 9.59 Å². The maximum Gasteiger partial charge on any atom is 0.412 e. The van der Waals surface area contributed by atoms with Crippen LogP contribution in [0.2, 0.25) is 0 Å². The molecular weight excluding hydrogens is 414 g/mol. The molecular formula is C20H22BrNO3S. The molecule has 0 bridgehead atoms. The van der Waals surface area contributed by atoms with Gasteiger partial charge in [-0.3, -0.25) is 10.1 Å². The lowest BCUT2D eigenvalue weighted by molar-refractivity contribution is 0.0636. The minimum absolute atomic E-state index is 0.0528. The molecule has 0 aliphatic heterocycles. The minimum atomic E-state index is -0.586. The number of fused-ring (bicyclic) bond motifs is 1. The molecule has 1 aromatic heterocycles. The molecule has 0 saturated carbocycles. The lowest BCUT2D eigenvalue weighted by Crippen LogP contribution is -2.27. The molecule has 2 aromatic rings. The van der Waals surface area contributed by atoms with Gasteiger partial charge in [-0.2, -0.15) is 0 Å². The standard InChI is InChI=1S/C20H22BrNO3S/c1-20(2,3)25-19(24)22-18-16(14-6-4-5-7-15(14)26-18)17(23)12-8-10-13(21)11-9-12/h8-11H,4-7H2,1-3H3,(H,22,24). The van der Waals surface area contributed by atoms with Crippen molar-refractivity contribution in [3.63, 3.8) is 0 Å². The zero-order valence-corrected chi connectivity index (χ0v) is 17.6. The van der Waals surface area contributed by atoms with Gasteiger partial charge in [-0.1, -0.05) is 15.9 Å². The van der Waals surface area contributed by atoms with Crippen molar-refractivity contribution >= 4 is 44.1 Å². The number of ether oxygens (including phenoxy) is 1. The largest absolute Gasteiger partial charge is 0.444 e. The summed E-state index contributed by atoms with van der Waals surface area (Å²) < 4.78 is 6.29. The summed E-state index contributed by atoms with van der Waals surface area (Å²) >= 11 is 4.90. The van der Waals surface area contributed by atoms with Gasteiger partial charge in [-0.15, -0.1) is 11.3 Å². The molecule has 0 spiro atoms. The lowest BCUT2D eigenvalue weighted by atomic mass is 9.92. The zero-order valence-electron chi connectivity index (χ0n) is 15.1. The SMILES string of the molecule is CC(C)(C)OC(=O)Nc1sc2c(c1C(=O)c1ccc(Br)cc1)CCCC2. The number of halogens is 1. The fourth-order valence-corrected chi connectivity index (χ4v) is 4.57. The van der Waals surface area contributed by atoms with Gasteiger partial charge in [0.05, 0.1) is 5.56 Å². The number of benzene rings is 1. The number of thiophene rings is 1. The molecule has 1 N–H and O–H groups in total. The average Bonchev–Trinajstić information content (AvgIpc) is 2.90. The van der Waals surface area contributed by atoms with Gasteiger partial charge < -0.3 is 4.74 Å². The van der Waals surface area contributed by atoms with Crippen LogP contribution in [-0.2, 0) is 17.6 Å². The van der Waals surface area contributed by atoms with Gasteiger partial charge in [-0.05, 0) is 76.3 Å². The van der Waals surface area contributed by atoms with Crippen molar-refractivity contribution in [2.45, 2.75) is 52.1 Å². The van der Waals surface area contributed by atoms with Crippen LogP contribution in [0.1, 0.15) is 60.0 Å². The number of hydrogen-bond acceptors (Lipinski definition) is 4. The summed E-state index contributed by atoms with van der Waals surface area (Å²) in [7, 11) is 0. The van der Waals surface area contributed by atoms with Crippen molar-refractivity contribution in [3.05, 3.63) is 50.3 Å². The Morgan fingerprint density at radius 3 is 2.42 bits per heavy atom. The van der Waals surface area contributed by atoms with E-state index in [4.69, 9.17) is 4.74 Å². The number of amides is 1. The molecule has 0 atom stereocenters. The van der Waals surface area contributed by atoms with E-state index in [-0.39, 0.29) is 5.78 Å². The van der Waals surface area contributed by atoms with Crippen molar-refractivity contribution < 1.29 is 14.3 Å². The fraction of sp³-hybridized carbons (Fsp3) is 0.400. The predicted molar refractivity (Wildman–Crippen MR) is 108 cm³/mol. The molecule has 0 fully saturated rings. The topological polar surface area (TPSA) is 55.4 Å². The second kappa shape index (κ2) is 7.53. The van der Waals surface area contributed by atoms with Gasteiger partial charge >= 0.3 is 6.09 Å². The molecule has 4 nitrogen and oxygen atoms in total. The summed E-state index contributed by atoms with van der Waals surface area (Å²) in [5.74, 6) is -0.0528. The normalized spacial score (nSPS) is 13.8. The van der Waals surface area contributed by atoms with Crippen LogP contribution < -0.4 is 5.32 Å². The van der Waals surface area contributed by atoms with Gasteiger partial charge in [0.1, 0.15) is 10.6 Å². The van der Waals surface area contributed by atoms with E-state index in [0.717, 1.165) is 35.7 Å². The number of nitrogens with one attached hydrogen (secondary N) is 1. The van der Waals surface area contributed by atoms with Crippen LogP contribution in [0.4, 0.5) is 9.80 Å². The summed E-state index contributed by atoms with van der Waals surface area (Å²) in [6.07, 6.45) is 3.48. The zero-order chi connectivity index (χ0) is 18.9. The average molecular weight is 436 g/mol. The highest BCUT2D eigenvalue weighted by Gasteiger charge is 2.28. The number of hydrogen-bond donors (Lipinski definition) is 1. The minimum Gasteiger partial charge on any atom is -0.444 e. The van der Waals surface area contributed by atoms with E-state index in [0.29, 0.717) is 16.1 Å². The quantitative estimate of drug-likeness (QED) is 0.604. The summed E-state index contributed by atoms with van der Waals surface area (Å²) in [5.41, 5.74) is 1.74. The Hall–Kier alpha value is -1.66. The number of ketones is 1. The van der Waals surface area contributed by atoms with Gasteiger partial charge in [0.25, 0.3) is 0 Å². The van der Waals surface area contributed by atoms with Gasteiger partial charge in [0.2, 0.25) is 0 Å². The highest BCUT2D eigenvalue weighted by molar-refractivity contribution is 9.10. The first kappa shape index (κ1) is 19.1. The number of carbonyl (C=O) groups excluding carboxylic acids is 2. The molecule has 1 aliphatic rings. The molecule has 6 heteroatoms. The molecule has 1 amide bonds. The third-order valence-corrected chi connectivity index (χ3v) is 5.86. The van der Waals surface area contributed by atoms with Gasteiger partial charge in [0, 0.05) is 14.9 Å². The maximum absolute atomic E-state index is 13.2. The number of carbonyl (C=O) groups is 2. The Bertz CT molecular complexity index is 834. The van der Waals surface area contributed by atoms with Crippen LogP contribution in [0.5, 0.6) is 0 Å². The first-order valence-electron chi connectivity index (χ1n) is 8.69. The summed E-state index contributed by atoms with van der Waals surface area (Å²) in [4.78, 5) is 26.6. The highest BCUT2D eigenvalue weighted by atomic mass is 79.9. The smallest absolute Gasteiger partial charge is 0.412 e. The van der Waals surface area contributed by atoms with Crippen LogP contribution in [0, 0.1) is 0 Å². The molecule has 1 heterocycles. The Morgan fingerprint density at radius 1 is 1.12 bits per heavy atom. The monoisotopic (exact) mass is 435 g/mol. The van der Waals surface area contributed by atoms with Gasteiger partial charge in [-0.25, -0.2) is 4.79 Å². The number of rotatable bonds is 3. The first-order valence-corrected chi connectivity index (χ1v) is 10.3. The third kappa shape index (κ3) is 4.35.